The van der Waals surface area contributed by atoms with Crippen LogP contribution in [0.2, 0.25) is 5.02 Å². The van der Waals surface area contributed by atoms with E-state index >= 15 is 0 Å². The standard InChI is InChI=1S/C16H17ClN2O4.Na/c1-8-6-10(13(19(22)23)9(2)12(8)17)14(20)11(7-18)15(21)16(3,4)5;/h6,20H,1-5H3;/q;+1/p-1. The van der Waals surface area contributed by atoms with E-state index < -0.39 is 33.1 Å². The number of ketones is 1. The van der Waals surface area contributed by atoms with Crippen LogP contribution in [0.5, 0.6) is 0 Å². The molecule has 0 N–H and O–H groups in total. The second kappa shape index (κ2) is 8.13. The normalized spacial score (nSPS) is 11.9. The van der Waals surface area contributed by atoms with E-state index in [4.69, 9.17) is 11.6 Å². The molecule has 1 aromatic carbocycles. The largest absolute Gasteiger partial charge is 1.00 e. The number of nitro benzene ring substituents is 1. The van der Waals surface area contributed by atoms with Gasteiger partial charge in [0.2, 0.25) is 0 Å². The van der Waals surface area contributed by atoms with Gasteiger partial charge in [0.25, 0.3) is 5.69 Å². The van der Waals surface area contributed by atoms with Gasteiger partial charge in [-0.2, -0.15) is 5.26 Å². The van der Waals surface area contributed by atoms with E-state index in [1.165, 1.54) is 13.0 Å². The minimum atomic E-state index is -0.956. The summed E-state index contributed by atoms with van der Waals surface area (Å²) in [5.74, 6) is -1.62. The molecule has 0 radical (unpaired) electrons. The van der Waals surface area contributed by atoms with Crippen molar-refractivity contribution in [3.63, 3.8) is 0 Å². The van der Waals surface area contributed by atoms with E-state index in [0.717, 1.165) is 0 Å². The van der Waals surface area contributed by atoms with Crippen molar-refractivity contribution >= 4 is 28.8 Å². The Balaban J connectivity index is 0.00000529. The van der Waals surface area contributed by atoms with Crippen molar-refractivity contribution in [2.45, 2.75) is 34.6 Å². The number of benzene rings is 1. The van der Waals surface area contributed by atoms with E-state index in [1.807, 2.05) is 0 Å². The third kappa shape index (κ3) is 4.37. The summed E-state index contributed by atoms with van der Waals surface area (Å²) in [7, 11) is 0. The number of allylic oxidation sites excluding steroid dienone is 1. The summed E-state index contributed by atoms with van der Waals surface area (Å²) < 4.78 is 0. The van der Waals surface area contributed by atoms with Gasteiger partial charge in [-0.15, -0.1) is 0 Å². The number of hydrogen-bond acceptors (Lipinski definition) is 5. The SMILES string of the molecule is Cc1cc(C([O-])=C(C#N)C(=O)C(C)(C)C)c([N+](=O)[O-])c(C)c1Cl.[Na+]. The quantitative estimate of drug-likeness (QED) is 0.190. The number of nitrogens with zero attached hydrogens (tertiary/aromatic N) is 2. The molecule has 0 unspecified atom stereocenters. The van der Waals surface area contributed by atoms with E-state index in [2.05, 4.69) is 0 Å². The van der Waals surface area contributed by atoms with Crippen LogP contribution in [0.1, 0.15) is 37.5 Å². The van der Waals surface area contributed by atoms with Gasteiger partial charge in [-0.3, -0.25) is 14.9 Å². The summed E-state index contributed by atoms with van der Waals surface area (Å²) in [6, 6.07) is 2.83. The molecule has 0 spiro atoms. The number of carbonyl (C=O) groups excluding carboxylic acids is 1. The number of halogens is 1. The zero-order valence-corrected chi connectivity index (χ0v) is 17.2. The molecule has 1 aromatic rings. The molecule has 24 heavy (non-hydrogen) atoms. The molecule has 0 saturated carbocycles. The maximum absolute atomic E-state index is 12.6. The van der Waals surface area contributed by atoms with Crippen LogP contribution in [0.25, 0.3) is 5.76 Å². The van der Waals surface area contributed by atoms with Gasteiger partial charge in [-0.05, 0) is 25.5 Å². The summed E-state index contributed by atoms with van der Waals surface area (Å²) in [5, 5.41) is 33.2. The van der Waals surface area contributed by atoms with Gasteiger partial charge in [-0.1, -0.05) is 38.1 Å². The fourth-order valence-electron chi connectivity index (χ4n) is 2.07. The molecule has 0 aliphatic rings. The number of hydrogen-bond donors (Lipinski definition) is 0. The van der Waals surface area contributed by atoms with Crippen molar-refractivity contribution in [2.24, 2.45) is 5.41 Å². The van der Waals surface area contributed by atoms with Crippen LogP contribution in [0.4, 0.5) is 5.69 Å². The zero-order chi connectivity index (χ0) is 18.1. The number of Topliss-reactive ketones (excluding diaryl/α,β-unsaturated/α-hetero) is 1. The summed E-state index contributed by atoms with van der Waals surface area (Å²) in [5.41, 5.74) is -1.78. The number of aryl methyl sites for hydroxylation is 1. The minimum Gasteiger partial charge on any atom is -0.871 e. The molecule has 0 atom stereocenters. The van der Waals surface area contributed by atoms with E-state index in [9.17, 15) is 25.3 Å². The Hall–Kier alpha value is -1.39. The first kappa shape index (κ1) is 22.6. The first-order valence-corrected chi connectivity index (χ1v) is 7.11. The Kier molecular flexibility index (Phi) is 7.66. The maximum atomic E-state index is 12.6. The maximum Gasteiger partial charge on any atom is 1.00 e. The Morgan fingerprint density at radius 3 is 2.21 bits per heavy atom. The molecule has 1 rings (SSSR count). The Morgan fingerprint density at radius 1 is 1.33 bits per heavy atom. The van der Waals surface area contributed by atoms with Crippen molar-refractivity contribution in [3.05, 3.63) is 43.5 Å². The first-order chi connectivity index (χ1) is 10.4. The number of nitriles is 1. The van der Waals surface area contributed by atoms with Crippen LogP contribution in [-0.2, 0) is 4.79 Å². The summed E-state index contributed by atoms with van der Waals surface area (Å²) in [6.45, 7) is 7.70. The van der Waals surface area contributed by atoms with Gasteiger partial charge in [0.1, 0.15) is 6.07 Å². The van der Waals surface area contributed by atoms with Gasteiger partial charge in [0.05, 0.1) is 15.5 Å². The number of rotatable bonds is 3. The van der Waals surface area contributed by atoms with Crippen LogP contribution in [-0.4, -0.2) is 10.7 Å². The topological polar surface area (TPSA) is 107 Å². The van der Waals surface area contributed by atoms with Crippen LogP contribution in [0, 0.1) is 40.7 Å². The molecule has 0 saturated heterocycles. The van der Waals surface area contributed by atoms with E-state index in [-0.39, 0.29) is 45.7 Å². The average molecular weight is 359 g/mol. The predicted molar refractivity (Wildman–Crippen MR) is 84.6 cm³/mol. The first-order valence-electron chi connectivity index (χ1n) is 6.74. The summed E-state index contributed by atoms with van der Waals surface area (Å²) in [4.78, 5) is 22.8. The Morgan fingerprint density at radius 2 is 1.83 bits per heavy atom. The zero-order valence-electron chi connectivity index (χ0n) is 14.5. The molecular formula is C16H16ClN2NaO4. The van der Waals surface area contributed by atoms with Crippen molar-refractivity contribution in [1.29, 1.82) is 5.26 Å². The monoisotopic (exact) mass is 358 g/mol. The third-order valence-corrected chi connectivity index (χ3v) is 3.90. The predicted octanol–water partition coefficient (Wildman–Crippen LogP) is 0.0792. The molecule has 6 nitrogen and oxygen atoms in total. The fourth-order valence-corrected chi connectivity index (χ4v) is 2.22. The Labute approximate surface area is 167 Å². The van der Waals surface area contributed by atoms with Crippen LogP contribution < -0.4 is 34.7 Å². The van der Waals surface area contributed by atoms with Gasteiger partial charge in [-0.25, -0.2) is 0 Å². The van der Waals surface area contributed by atoms with Crippen LogP contribution >= 0.6 is 11.6 Å². The van der Waals surface area contributed by atoms with Crippen molar-refractivity contribution in [3.8, 4) is 6.07 Å². The van der Waals surface area contributed by atoms with Gasteiger partial charge in [0, 0.05) is 16.5 Å². The van der Waals surface area contributed by atoms with Gasteiger partial charge >= 0.3 is 29.6 Å². The third-order valence-electron chi connectivity index (χ3n) is 3.32. The molecule has 0 aromatic heterocycles. The molecule has 8 heteroatoms. The van der Waals surface area contributed by atoms with Crippen molar-refractivity contribution < 1.29 is 44.4 Å². The van der Waals surface area contributed by atoms with Crippen molar-refractivity contribution in [2.75, 3.05) is 0 Å². The molecule has 0 fully saturated rings. The smallest absolute Gasteiger partial charge is 0.871 e. The Bertz CT molecular complexity index is 774. The van der Waals surface area contributed by atoms with E-state index in [0.29, 0.717) is 5.56 Å². The molecule has 0 aliphatic carbocycles. The summed E-state index contributed by atoms with van der Waals surface area (Å²) in [6.07, 6.45) is 0. The molecule has 0 heterocycles. The molecule has 0 bridgehead atoms. The fraction of sp³-hybridized carbons (Fsp3) is 0.375. The van der Waals surface area contributed by atoms with Crippen LogP contribution in [0.3, 0.4) is 0 Å². The van der Waals surface area contributed by atoms with Crippen LogP contribution in [0.15, 0.2) is 11.6 Å². The second-order valence-electron chi connectivity index (χ2n) is 6.18. The molecule has 122 valence electrons. The summed E-state index contributed by atoms with van der Waals surface area (Å²) >= 11 is 6.00. The molecule has 0 aliphatic heterocycles. The second-order valence-corrected chi connectivity index (χ2v) is 6.56. The van der Waals surface area contributed by atoms with Gasteiger partial charge in [0.15, 0.2) is 5.78 Å². The van der Waals surface area contributed by atoms with Gasteiger partial charge < -0.3 is 5.11 Å². The van der Waals surface area contributed by atoms with Crippen molar-refractivity contribution in [1.82, 2.24) is 0 Å². The average Bonchev–Trinajstić information content (AvgIpc) is 2.43. The molecular weight excluding hydrogens is 343 g/mol. The minimum absolute atomic E-state index is 0. The number of carbonyl (C=O) groups is 1. The number of nitro groups is 1. The van der Waals surface area contributed by atoms with E-state index in [1.54, 1.807) is 33.8 Å². The molecule has 0 amide bonds.